The van der Waals surface area contributed by atoms with Gasteiger partial charge in [0.15, 0.2) is 0 Å². The second-order valence-electron chi connectivity index (χ2n) is 3.71. The van der Waals surface area contributed by atoms with Gasteiger partial charge in [-0.05, 0) is 11.6 Å². The van der Waals surface area contributed by atoms with Crippen LogP contribution in [0.4, 0.5) is 5.69 Å². The summed E-state index contributed by atoms with van der Waals surface area (Å²) in [6, 6.07) is 7.23. The second kappa shape index (κ2) is 4.25. The van der Waals surface area contributed by atoms with Crippen LogP contribution in [0.5, 0.6) is 0 Å². The fraction of sp³-hybridized carbons (Fsp3) is 0.182. The van der Waals surface area contributed by atoms with Crippen LogP contribution in [-0.2, 0) is 13.5 Å². The van der Waals surface area contributed by atoms with E-state index >= 15 is 0 Å². The average molecular weight is 232 g/mol. The standard InChI is InChI=1S/C11H12N4O2/c1-15-11(17)13-10(16)9(14-15)6-7-4-2-3-5-8(7)12/h2-5H,6,12H2,1H3,(H,13,16,17). The molecule has 0 aliphatic heterocycles. The molecule has 0 spiro atoms. The minimum atomic E-state index is -0.528. The van der Waals surface area contributed by atoms with Crippen molar-refractivity contribution in [2.24, 2.45) is 7.05 Å². The van der Waals surface area contributed by atoms with E-state index in [0.29, 0.717) is 12.1 Å². The molecule has 1 heterocycles. The van der Waals surface area contributed by atoms with Gasteiger partial charge in [0.1, 0.15) is 5.69 Å². The van der Waals surface area contributed by atoms with Crippen molar-refractivity contribution in [3.8, 4) is 0 Å². The maximum absolute atomic E-state index is 11.5. The van der Waals surface area contributed by atoms with E-state index in [4.69, 9.17) is 5.73 Å². The second-order valence-corrected chi connectivity index (χ2v) is 3.71. The molecule has 6 nitrogen and oxygen atoms in total. The number of benzene rings is 1. The van der Waals surface area contributed by atoms with E-state index in [9.17, 15) is 9.59 Å². The quantitative estimate of drug-likeness (QED) is 0.691. The summed E-state index contributed by atoms with van der Waals surface area (Å²) < 4.78 is 1.09. The van der Waals surface area contributed by atoms with Gasteiger partial charge < -0.3 is 5.73 Å². The van der Waals surface area contributed by atoms with E-state index < -0.39 is 11.2 Å². The number of nitrogens with one attached hydrogen (secondary N) is 1. The number of nitrogen functional groups attached to an aromatic ring is 1. The molecule has 0 bridgehead atoms. The number of hydrogen-bond acceptors (Lipinski definition) is 4. The van der Waals surface area contributed by atoms with Gasteiger partial charge in [0.05, 0.1) is 0 Å². The molecule has 2 rings (SSSR count). The molecule has 0 atom stereocenters. The van der Waals surface area contributed by atoms with Gasteiger partial charge in [0, 0.05) is 19.2 Å². The molecular weight excluding hydrogens is 220 g/mol. The maximum Gasteiger partial charge on any atom is 0.344 e. The Morgan fingerprint density at radius 1 is 1.35 bits per heavy atom. The number of rotatable bonds is 2. The Labute approximate surface area is 96.7 Å². The number of nitrogens with zero attached hydrogens (tertiary/aromatic N) is 2. The lowest BCUT2D eigenvalue weighted by atomic mass is 10.1. The molecular formula is C11H12N4O2. The molecule has 1 aromatic heterocycles. The summed E-state index contributed by atoms with van der Waals surface area (Å²) in [5.74, 6) is 0. The molecule has 1 aromatic carbocycles. The molecule has 0 unspecified atom stereocenters. The zero-order valence-electron chi connectivity index (χ0n) is 9.30. The van der Waals surface area contributed by atoms with Crippen molar-refractivity contribution in [1.29, 1.82) is 0 Å². The lowest BCUT2D eigenvalue weighted by molar-refractivity contribution is 0.642. The fourth-order valence-electron chi connectivity index (χ4n) is 1.51. The summed E-state index contributed by atoms with van der Waals surface area (Å²) >= 11 is 0. The van der Waals surface area contributed by atoms with Crippen LogP contribution in [0.15, 0.2) is 33.9 Å². The fourth-order valence-corrected chi connectivity index (χ4v) is 1.51. The van der Waals surface area contributed by atoms with Crippen molar-refractivity contribution in [2.45, 2.75) is 6.42 Å². The predicted molar refractivity (Wildman–Crippen MR) is 63.8 cm³/mol. The van der Waals surface area contributed by atoms with Crippen LogP contribution in [0.1, 0.15) is 11.3 Å². The van der Waals surface area contributed by atoms with Crippen LogP contribution < -0.4 is 17.0 Å². The Morgan fingerprint density at radius 2 is 2.06 bits per heavy atom. The van der Waals surface area contributed by atoms with E-state index in [1.54, 1.807) is 6.07 Å². The van der Waals surface area contributed by atoms with Gasteiger partial charge in [0.25, 0.3) is 5.56 Å². The Morgan fingerprint density at radius 3 is 2.76 bits per heavy atom. The van der Waals surface area contributed by atoms with Crippen molar-refractivity contribution in [3.63, 3.8) is 0 Å². The van der Waals surface area contributed by atoms with E-state index in [2.05, 4.69) is 10.1 Å². The van der Waals surface area contributed by atoms with E-state index in [-0.39, 0.29) is 5.69 Å². The van der Waals surface area contributed by atoms with Crippen molar-refractivity contribution < 1.29 is 0 Å². The maximum atomic E-state index is 11.5. The predicted octanol–water partition coefficient (Wildman–Crippen LogP) is -0.358. The van der Waals surface area contributed by atoms with E-state index in [1.807, 2.05) is 18.2 Å². The first-order valence-corrected chi connectivity index (χ1v) is 5.08. The number of hydrogen-bond donors (Lipinski definition) is 2. The zero-order chi connectivity index (χ0) is 12.4. The number of nitrogens with two attached hydrogens (primary N) is 1. The summed E-state index contributed by atoms with van der Waals surface area (Å²) in [5, 5.41) is 3.91. The number of aromatic amines is 1. The monoisotopic (exact) mass is 232 g/mol. The minimum absolute atomic E-state index is 0.269. The first-order chi connectivity index (χ1) is 8.08. The molecule has 2 aromatic rings. The van der Waals surface area contributed by atoms with Gasteiger partial charge in [-0.2, -0.15) is 5.10 Å². The van der Waals surface area contributed by atoms with Gasteiger partial charge in [0.2, 0.25) is 0 Å². The molecule has 0 saturated carbocycles. The molecule has 0 radical (unpaired) electrons. The molecule has 0 aliphatic carbocycles. The minimum Gasteiger partial charge on any atom is -0.398 e. The largest absolute Gasteiger partial charge is 0.398 e. The molecule has 0 saturated heterocycles. The summed E-state index contributed by atoms with van der Waals surface area (Å²) in [7, 11) is 1.48. The van der Waals surface area contributed by atoms with Crippen molar-refractivity contribution in [1.82, 2.24) is 14.8 Å². The third kappa shape index (κ3) is 2.25. The van der Waals surface area contributed by atoms with Crippen molar-refractivity contribution >= 4 is 5.69 Å². The molecule has 88 valence electrons. The molecule has 6 heteroatoms. The van der Waals surface area contributed by atoms with Crippen LogP contribution in [0.25, 0.3) is 0 Å². The van der Waals surface area contributed by atoms with Crippen LogP contribution in [-0.4, -0.2) is 14.8 Å². The van der Waals surface area contributed by atoms with E-state index in [0.717, 1.165) is 10.2 Å². The molecule has 0 aliphatic rings. The smallest absolute Gasteiger partial charge is 0.344 e. The van der Waals surface area contributed by atoms with Gasteiger partial charge in [-0.15, -0.1) is 0 Å². The van der Waals surface area contributed by atoms with Crippen molar-refractivity contribution in [2.75, 3.05) is 5.73 Å². The molecule has 0 fully saturated rings. The highest BCUT2D eigenvalue weighted by atomic mass is 16.2. The lowest BCUT2D eigenvalue weighted by Crippen LogP contribution is -2.33. The highest BCUT2D eigenvalue weighted by Crippen LogP contribution is 2.12. The van der Waals surface area contributed by atoms with Gasteiger partial charge >= 0.3 is 5.69 Å². The lowest BCUT2D eigenvalue weighted by Gasteiger charge is -2.04. The summed E-state index contributed by atoms with van der Waals surface area (Å²) in [4.78, 5) is 24.9. The topological polar surface area (TPSA) is 93.8 Å². The third-order valence-electron chi connectivity index (χ3n) is 2.46. The third-order valence-corrected chi connectivity index (χ3v) is 2.46. The van der Waals surface area contributed by atoms with Gasteiger partial charge in [-0.25, -0.2) is 9.48 Å². The Kier molecular flexibility index (Phi) is 2.78. The number of H-pyrrole nitrogens is 1. The SMILES string of the molecule is Cn1nc(Cc2ccccc2N)c(=O)[nH]c1=O. The zero-order valence-corrected chi connectivity index (χ0v) is 9.30. The highest BCUT2D eigenvalue weighted by Gasteiger charge is 2.07. The summed E-state index contributed by atoms with van der Waals surface area (Å²) in [6.07, 6.45) is 0.302. The first kappa shape index (κ1) is 11.1. The normalized spacial score (nSPS) is 10.4. The molecule has 3 N–H and O–H groups in total. The highest BCUT2D eigenvalue weighted by molar-refractivity contribution is 5.47. The summed E-state index contributed by atoms with van der Waals surface area (Å²) in [5.41, 5.74) is 6.45. The number of para-hydroxylation sites is 1. The molecule has 0 amide bonds. The van der Waals surface area contributed by atoms with Crippen LogP contribution >= 0.6 is 0 Å². The van der Waals surface area contributed by atoms with E-state index in [1.165, 1.54) is 7.05 Å². The van der Waals surface area contributed by atoms with Crippen LogP contribution in [0.2, 0.25) is 0 Å². The van der Waals surface area contributed by atoms with Crippen LogP contribution in [0.3, 0.4) is 0 Å². The Hall–Kier alpha value is -2.37. The molecule has 17 heavy (non-hydrogen) atoms. The van der Waals surface area contributed by atoms with Crippen LogP contribution in [0, 0.1) is 0 Å². The average Bonchev–Trinajstić information content (AvgIpc) is 2.29. The van der Waals surface area contributed by atoms with Crippen molar-refractivity contribution in [3.05, 3.63) is 56.4 Å². The van der Waals surface area contributed by atoms with Gasteiger partial charge in [-0.3, -0.25) is 9.78 Å². The number of aryl methyl sites for hydroxylation is 1. The first-order valence-electron chi connectivity index (χ1n) is 5.08. The number of aromatic nitrogens is 3. The Balaban J connectivity index is 2.44. The number of anilines is 1. The Bertz CT molecular complexity index is 657. The van der Waals surface area contributed by atoms with Gasteiger partial charge in [-0.1, -0.05) is 18.2 Å². The summed E-state index contributed by atoms with van der Waals surface area (Å²) in [6.45, 7) is 0.